The van der Waals surface area contributed by atoms with Gasteiger partial charge in [-0.05, 0) is 19.0 Å². The summed E-state index contributed by atoms with van der Waals surface area (Å²) in [7, 11) is 0. The number of ether oxygens (including phenoxy) is 1. The summed E-state index contributed by atoms with van der Waals surface area (Å²) in [5.74, 6) is -0.252. The summed E-state index contributed by atoms with van der Waals surface area (Å²) in [4.78, 5) is 21.5. The average Bonchev–Trinajstić information content (AvgIpc) is 2.37. The molecule has 0 aromatic heterocycles. The molecule has 7 heteroatoms. The fourth-order valence-corrected chi connectivity index (χ4v) is 1.25. The van der Waals surface area contributed by atoms with Crippen molar-refractivity contribution in [1.29, 1.82) is 0 Å². The molecule has 0 aliphatic rings. The molecule has 1 rings (SSSR count). The second-order valence-electron chi connectivity index (χ2n) is 3.51. The molecule has 0 radical (unpaired) electrons. The second-order valence-corrected chi connectivity index (χ2v) is 3.51. The monoisotopic (exact) mass is 253 g/mol. The summed E-state index contributed by atoms with van der Waals surface area (Å²) >= 11 is 0. The quantitative estimate of drug-likeness (QED) is 0.416. The van der Waals surface area contributed by atoms with Crippen LogP contribution in [0.1, 0.15) is 6.42 Å². The third-order valence-electron chi connectivity index (χ3n) is 2.12. The Morgan fingerprint density at radius 2 is 2.17 bits per heavy atom. The number of amides is 1. The number of para-hydroxylation sites is 2. The number of hydrogen-bond acceptors (Lipinski definition) is 5. The summed E-state index contributed by atoms with van der Waals surface area (Å²) in [6.45, 7) is 0.705. The van der Waals surface area contributed by atoms with Crippen LogP contribution < -0.4 is 15.8 Å². The van der Waals surface area contributed by atoms with Gasteiger partial charge in [-0.3, -0.25) is 14.9 Å². The van der Waals surface area contributed by atoms with E-state index in [2.05, 4.69) is 5.32 Å². The Hall–Kier alpha value is -2.15. The van der Waals surface area contributed by atoms with Crippen molar-refractivity contribution in [3.63, 3.8) is 0 Å². The van der Waals surface area contributed by atoms with Crippen molar-refractivity contribution in [2.75, 3.05) is 19.7 Å². The predicted molar refractivity (Wildman–Crippen MR) is 65.3 cm³/mol. The number of nitrogens with zero attached hydrogens (tertiary/aromatic N) is 1. The molecule has 0 spiro atoms. The highest BCUT2D eigenvalue weighted by atomic mass is 16.6. The topological polar surface area (TPSA) is 107 Å². The molecule has 3 N–H and O–H groups in total. The minimum Gasteiger partial charge on any atom is -0.477 e. The Labute approximate surface area is 104 Å². The summed E-state index contributed by atoms with van der Waals surface area (Å²) in [5, 5.41) is 13.3. The van der Waals surface area contributed by atoms with Gasteiger partial charge >= 0.3 is 5.69 Å². The van der Waals surface area contributed by atoms with E-state index in [1.165, 1.54) is 18.2 Å². The zero-order valence-corrected chi connectivity index (χ0v) is 9.80. The van der Waals surface area contributed by atoms with E-state index in [4.69, 9.17) is 10.5 Å². The van der Waals surface area contributed by atoms with Crippen molar-refractivity contribution in [3.8, 4) is 5.75 Å². The molecule has 1 aromatic rings. The molecule has 0 aliphatic carbocycles. The highest BCUT2D eigenvalue weighted by Crippen LogP contribution is 2.25. The van der Waals surface area contributed by atoms with E-state index in [-0.39, 0.29) is 24.0 Å². The molecule has 1 aromatic carbocycles. The number of carbonyl (C=O) groups is 1. The highest BCUT2D eigenvalue weighted by Gasteiger charge is 2.14. The number of nitro benzene ring substituents is 1. The Morgan fingerprint density at radius 1 is 1.44 bits per heavy atom. The van der Waals surface area contributed by atoms with Crippen molar-refractivity contribution in [2.45, 2.75) is 6.42 Å². The molecule has 98 valence electrons. The van der Waals surface area contributed by atoms with Gasteiger partial charge in [0, 0.05) is 12.6 Å². The van der Waals surface area contributed by atoms with Gasteiger partial charge in [0.25, 0.3) is 5.91 Å². The Kier molecular flexibility index (Phi) is 5.59. The van der Waals surface area contributed by atoms with Crippen LogP contribution in [-0.2, 0) is 4.79 Å². The Morgan fingerprint density at radius 3 is 2.83 bits per heavy atom. The number of carbonyl (C=O) groups excluding carboxylic acids is 1. The maximum absolute atomic E-state index is 11.3. The molecule has 0 bridgehead atoms. The first-order chi connectivity index (χ1) is 8.65. The summed E-state index contributed by atoms with van der Waals surface area (Å²) in [5.41, 5.74) is 5.12. The van der Waals surface area contributed by atoms with E-state index in [0.29, 0.717) is 19.5 Å². The molecule has 0 aliphatic heterocycles. The van der Waals surface area contributed by atoms with Crippen molar-refractivity contribution < 1.29 is 14.5 Å². The summed E-state index contributed by atoms with van der Waals surface area (Å²) in [6, 6.07) is 5.91. The number of rotatable bonds is 7. The molecule has 18 heavy (non-hydrogen) atoms. The van der Waals surface area contributed by atoms with Gasteiger partial charge in [-0.2, -0.15) is 0 Å². The van der Waals surface area contributed by atoms with Gasteiger partial charge in [-0.15, -0.1) is 0 Å². The van der Waals surface area contributed by atoms with Gasteiger partial charge < -0.3 is 15.8 Å². The van der Waals surface area contributed by atoms with Gasteiger partial charge in [0.2, 0.25) is 0 Å². The van der Waals surface area contributed by atoms with Gasteiger partial charge in [-0.1, -0.05) is 12.1 Å². The lowest BCUT2D eigenvalue weighted by Crippen LogP contribution is -2.30. The largest absolute Gasteiger partial charge is 0.477 e. The van der Waals surface area contributed by atoms with Crippen molar-refractivity contribution in [1.82, 2.24) is 5.32 Å². The lowest BCUT2D eigenvalue weighted by atomic mass is 10.3. The molecule has 7 nitrogen and oxygen atoms in total. The van der Waals surface area contributed by atoms with Crippen LogP contribution in [0.5, 0.6) is 5.75 Å². The molecule has 0 unspecified atom stereocenters. The smallest absolute Gasteiger partial charge is 0.310 e. The highest BCUT2D eigenvalue weighted by molar-refractivity contribution is 5.77. The Bertz CT molecular complexity index is 423. The van der Waals surface area contributed by atoms with Crippen LogP contribution in [0, 0.1) is 10.1 Å². The fourth-order valence-electron chi connectivity index (χ4n) is 1.25. The molecule has 0 saturated carbocycles. The second kappa shape index (κ2) is 7.23. The lowest BCUT2D eigenvalue weighted by molar-refractivity contribution is -0.385. The molecule has 0 atom stereocenters. The molecule has 0 fully saturated rings. The Balaban J connectivity index is 2.48. The lowest BCUT2D eigenvalue weighted by Gasteiger charge is -2.07. The van der Waals surface area contributed by atoms with E-state index < -0.39 is 4.92 Å². The molecular formula is C11H15N3O4. The maximum atomic E-state index is 11.3. The summed E-state index contributed by atoms with van der Waals surface area (Å²) in [6.07, 6.45) is 0.678. The van der Waals surface area contributed by atoms with E-state index in [0.717, 1.165) is 0 Å². The molecular weight excluding hydrogens is 238 g/mol. The minimum absolute atomic E-state index is 0.0801. The zero-order chi connectivity index (χ0) is 13.4. The fraction of sp³-hybridized carbons (Fsp3) is 0.364. The first-order valence-electron chi connectivity index (χ1n) is 5.48. The van der Waals surface area contributed by atoms with E-state index in [1.54, 1.807) is 6.07 Å². The number of nitrogens with two attached hydrogens (primary N) is 1. The number of nitrogens with one attached hydrogen (secondary N) is 1. The van der Waals surface area contributed by atoms with Gasteiger partial charge in [0.1, 0.15) is 0 Å². The third kappa shape index (κ3) is 4.38. The maximum Gasteiger partial charge on any atom is 0.310 e. The van der Waals surface area contributed by atoms with Crippen LogP contribution in [0.4, 0.5) is 5.69 Å². The average molecular weight is 253 g/mol. The van der Waals surface area contributed by atoms with Crippen LogP contribution in [0.3, 0.4) is 0 Å². The van der Waals surface area contributed by atoms with Crippen LogP contribution >= 0.6 is 0 Å². The summed E-state index contributed by atoms with van der Waals surface area (Å²) < 4.78 is 5.11. The van der Waals surface area contributed by atoms with Crippen LogP contribution in [-0.4, -0.2) is 30.5 Å². The minimum atomic E-state index is -0.554. The van der Waals surface area contributed by atoms with Gasteiger partial charge in [-0.25, -0.2) is 0 Å². The van der Waals surface area contributed by atoms with Crippen molar-refractivity contribution in [3.05, 3.63) is 34.4 Å². The molecule has 0 saturated heterocycles. The number of nitro groups is 1. The van der Waals surface area contributed by atoms with Crippen molar-refractivity contribution >= 4 is 11.6 Å². The van der Waals surface area contributed by atoms with Gasteiger partial charge in [0.05, 0.1) is 4.92 Å². The van der Waals surface area contributed by atoms with E-state index in [1.807, 2.05) is 0 Å². The molecule has 0 heterocycles. The predicted octanol–water partition coefficient (Wildman–Crippen LogP) is 0.439. The zero-order valence-electron chi connectivity index (χ0n) is 9.80. The first kappa shape index (κ1) is 13.9. The third-order valence-corrected chi connectivity index (χ3v) is 2.12. The van der Waals surface area contributed by atoms with Crippen LogP contribution in [0.15, 0.2) is 24.3 Å². The van der Waals surface area contributed by atoms with Crippen LogP contribution in [0.25, 0.3) is 0 Å². The SMILES string of the molecule is NCCCNC(=O)COc1ccccc1[N+](=O)[O-]. The standard InChI is InChI=1S/C11H15N3O4/c12-6-3-7-13-11(15)8-18-10-5-2-1-4-9(10)14(16)17/h1-2,4-5H,3,6-8,12H2,(H,13,15). The number of hydrogen-bond donors (Lipinski definition) is 2. The molecule has 1 amide bonds. The number of benzene rings is 1. The first-order valence-corrected chi connectivity index (χ1v) is 5.48. The van der Waals surface area contributed by atoms with E-state index >= 15 is 0 Å². The van der Waals surface area contributed by atoms with Gasteiger partial charge in [0.15, 0.2) is 12.4 Å². The van der Waals surface area contributed by atoms with Crippen molar-refractivity contribution in [2.24, 2.45) is 5.73 Å². The normalized spacial score (nSPS) is 9.83. The van der Waals surface area contributed by atoms with E-state index in [9.17, 15) is 14.9 Å². The van der Waals surface area contributed by atoms with Crippen LogP contribution in [0.2, 0.25) is 0 Å².